The average Bonchev–Trinajstić information content (AvgIpc) is 0.895. The summed E-state index contributed by atoms with van der Waals surface area (Å²) in [6.07, 6.45) is 46.6. The molecule has 672 valence electrons. The maximum atomic E-state index is 12.8. The molecular weight excluding hydrogens is 1540 g/mol. The fraction of sp³-hybridized carbons (Fsp3) is 0.909. The molecule has 0 radical (unpaired) electrons. The Morgan fingerprint density at radius 1 is 0.226 bits per heavy atom. The van der Waals surface area contributed by atoms with Gasteiger partial charge in [0, 0.05) is 51.4 Å². The van der Waals surface area contributed by atoms with Gasteiger partial charge < -0.3 is 65.8 Å². The summed E-state index contributed by atoms with van der Waals surface area (Å²) in [7, 11) is -10.1. The summed E-state index contributed by atoms with van der Waals surface area (Å²) >= 11 is 0. The van der Waals surface area contributed by atoms with Crippen molar-refractivity contribution in [3.63, 3.8) is 0 Å². The van der Waals surface area contributed by atoms with Gasteiger partial charge in [-0.15, -0.1) is 0 Å². The smallest absolute Gasteiger partial charge is 0.756 e. The zero-order valence-electron chi connectivity index (χ0n) is 74.4. The first-order valence-electron chi connectivity index (χ1n) is 45.2. The number of hydrogen-bond donors (Lipinski definition) is 0. The van der Waals surface area contributed by atoms with Crippen LogP contribution in [-0.2, 0) is 103 Å². The molecule has 115 heavy (non-hydrogen) atoms. The first-order chi connectivity index (χ1) is 54.5. The van der Waals surface area contributed by atoms with Crippen molar-refractivity contribution in [3.8, 4) is 0 Å². The van der Waals surface area contributed by atoms with Crippen LogP contribution in [0.1, 0.15) is 417 Å². The molecule has 0 aromatic heterocycles. The Labute approximate surface area is 727 Å². The molecule has 0 saturated carbocycles. The number of hydrogen-bond acceptors (Lipinski definition) is 24. The minimum Gasteiger partial charge on any atom is -0.756 e. The maximum absolute atomic E-state index is 12.8. The van der Waals surface area contributed by atoms with Crippen LogP contribution < -0.4 is 9.79 Å². The van der Waals surface area contributed by atoms with Gasteiger partial charge in [-0.3, -0.25) is 47.5 Å². The molecule has 4 unspecified atom stereocenters. The Bertz CT molecular complexity index is 2300. The SMILES string of the molecule is CCCCCCCCCCCCCC(=O)OC[C@H](COP(=O)([O-])OCC(COC(=O)CC(C)C)OC(=O)CC(C)C)OC(=O)CCCCCCCCCCCCC.CCCCCCCCCCCCCC(=O)OC[C@H](COP(=O)([O-])OCC(COC(=O)CC(C)C)OC(=O)CC(C)C)OC(=O)CCCCCCCCCCCCC.[Ca+2]. The van der Waals surface area contributed by atoms with Crippen LogP contribution in [0.5, 0.6) is 0 Å². The Balaban J connectivity index is -0.00000216. The van der Waals surface area contributed by atoms with Gasteiger partial charge in [0.2, 0.25) is 0 Å². The molecule has 6 atom stereocenters. The summed E-state index contributed by atoms with van der Waals surface area (Å²) in [6, 6.07) is 0. The van der Waals surface area contributed by atoms with Gasteiger partial charge in [0.15, 0.2) is 24.4 Å². The summed E-state index contributed by atoms with van der Waals surface area (Å²) in [5, 5.41) is 0. The van der Waals surface area contributed by atoms with Crippen molar-refractivity contribution in [3.05, 3.63) is 0 Å². The van der Waals surface area contributed by atoms with E-state index in [0.29, 0.717) is 25.7 Å². The van der Waals surface area contributed by atoms with E-state index in [1.807, 2.05) is 55.4 Å². The predicted molar refractivity (Wildman–Crippen MR) is 450 cm³/mol. The van der Waals surface area contributed by atoms with Crippen LogP contribution in [-0.4, -0.2) is 163 Å². The fourth-order valence-electron chi connectivity index (χ4n) is 12.3. The van der Waals surface area contributed by atoms with Crippen LogP contribution in [0, 0.1) is 23.7 Å². The van der Waals surface area contributed by atoms with Gasteiger partial charge in [0.25, 0.3) is 15.6 Å². The number of rotatable bonds is 80. The van der Waals surface area contributed by atoms with E-state index in [0.717, 1.165) is 77.0 Å². The number of carbonyl (C=O) groups is 8. The monoisotopic (exact) mass is 1710 g/mol. The van der Waals surface area contributed by atoms with Crippen molar-refractivity contribution >= 4 is 101 Å². The molecular formula is C88H164CaO24P2. The second kappa shape index (κ2) is 80.9. The first-order valence-corrected chi connectivity index (χ1v) is 48.1. The molecule has 0 aliphatic heterocycles. The van der Waals surface area contributed by atoms with Crippen LogP contribution in [0.4, 0.5) is 0 Å². The second-order valence-electron chi connectivity index (χ2n) is 32.8. The predicted octanol–water partition coefficient (Wildman–Crippen LogP) is 21.4. The van der Waals surface area contributed by atoms with Crippen molar-refractivity contribution in [2.24, 2.45) is 23.7 Å². The van der Waals surface area contributed by atoms with Gasteiger partial charge in [-0.1, -0.05) is 340 Å². The minimum absolute atomic E-state index is 0. The Morgan fingerprint density at radius 3 is 0.574 bits per heavy atom. The van der Waals surface area contributed by atoms with Gasteiger partial charge in [0.05, 0.1) is 26.4 Å². The fourth-order valence-corrected chi connectivity index (χ4v) is 13.8. The van der Waals surface area contributed by atoms with Gasteiger partial charge in [0.1, 0.15) is 26.4 Å². The molecule has 0 heterocycles. The summed E-state index contributed by atoms with van der Waals surface area (Å²) < 4.78 is 88.7. The largest absolute Gasteiger partial charge is 2.00 e. The van der Waals surface area contributed by atoms with Gasteiger partial charge in [-0.2, -0.15) is 0 Å². The number of phosphoric acid groups is 2. The number of carbonyl (C=O) groups excluding carboxylic acids is 8. The van der Waals surface area contributed by atoms with Crippen LogP contribution in [0.3, 0.4) is 0 Å². The molecule has 0 rings (SSSR count). The number of ether oxygens (including phenoxy) is 8. The molecule has 24 nitrogen and oxygen atoms in total. The second-order valence-corrected chi connectivity index (χ2v) is 35.6. The number of phosphoric ester groups is 2. The minimum atomic E-state index is -5.03. The van der Waals surface area contributed by atoms with Crippen LogP contribution in [0.2, 0.25) is 0 Å². The van der Waals surface area contributed by atoms with E-state index in [9.17, 15) is 57.3 Å². The molecule has 0 N–H and O–H groups in total. The van der Waals surface area contributed by atoms with Crippen LogP contribution in [0.15, 0.2) is 0 Å². The van der Waals surface area contributed by atoms with E-state index in [4.69, 9.17) is 56.0 Å². The van der Waals surface area contributed by atoms with Crippen molar-refractivity contribution in [1.29, 1.82) is 0 Å². The molecule has 0 aliphatic carbocycles. The van der Waals surface area contributed by atoms with E-state index in [1.54, 1.807) is 0 Å². The third kappa shape index (κ3) is 84.6. The van der Waals surface area contributed by atoms with E-state index in [-0.39, 0.29) is 126 Å². The van der Waals surface area contributed by atoms with Gasteiger partial charge in [-0.05, 0) is 49.4 Å². The third-order valence-electron chi connectivity index (χ3n) is 18.8. The Kier molecular flexibility index (Phi) is 81.9. The Morgan fingerprint density at radius 2 is 0.383 bits per heavy atom. The molecule has 27 heteroatoms. The summed E-state index contributed by atoms with van der Waals surface area (Å²) in [5.74, 6) is -4.19. The zero-order chi connectivity index (χ0) is 85.1. The Hall–Kier alpha value is -2.76. The molecule has 0 aromatic carbocycles. The third-order valence-corrected chi connectivity index (χ3v) is 20.7. The number of esters is 8. The molecule has 0 aromatic rings. The van der Waals surface area contributed by atoms with Crippen molar-refractivity contribution < 1.29 is 113 Å². The maximum Gasteiger partial charge on any atom is 2.00 e. The van der Waals surface area contributed by atoms with E-state index in [1.165, 1.54) is 180 Å². The van der Waals surface area contributed by atoms with E-state index >= 15 is 0 Å². The average molecular weight is 1710 g/mol. The molecule has 0 spiro atoms. The van der Waals surface area contributed by atoms with E-state index < -0.39 is 127 Å². The standard InChI is InChI=1S/2C44H83O12P.Ca/c2*1-7-9-11-13-15-17-19-21-23-25-27-29-41(45)51-33-39(55-42(46)30-28-26-24-22-20-18-16-14-12-10-8-2)35-53-57(49,50)54-36-40(56-44(48)32-38(5)6)34-52-43(47)31-37(3)4;/h2*37-40H,7-36H2,1-6H3,(H,49,50);/q;;+2/p-2/t2*39-,40?;/m11./s1. The summed E-state index contributed by atoms with van der Waals surface area (Å²) in [5.41, 5.74) is 0. The quantitative estimate of drug-likeness (QED) is 0.0179. The molecule has 0 amide bonds. The molecule has 0 saturated heterocycles. The van der Waals surface area contributed by atoms with Crippen molar-refractivity contribution in [2.45, 2.75) is 441 Å². The molecule has 0 fully saturated rings. The topological polar surface area (TPSA) is 328 Å². The summed E-state index contributed by atoms with van der Waals surface area (Å²) in [6.45, 7) is 19.4. The summed E-state index contributed by atoms with van der Waals surface area (Å²) in [4.78, 5) is 125. The molecule has 0 bridgehead atoms. The number of unbranched alkanes of at least 4 members (excludes halogenated alkanes) is 40. The first kappa shape index (κ1) is 116. The zero-order valence-corrected chi connectivity index (χ0v) is 78.4. The van der Waals surface area contributed by atoms with Crippen LogP contribution in [0.25, 0.3) is 0 Å². The molecule has 0 aliphatic rings. The van der Waals surface area contributed by atoms with Crippen LogP contribution >= 0.6 is 15.6 Å². The van der Waals surface area contributed by atoms with E-state index in [2.05, 4.69) is 27.7 Å². The van der Waals surface area contributed by atoms with Gasteiger partial charge >= 0.3 is 85.5 Å². The normalized spacial score (nSPS) is 13.5. The van der Waals surface area contributed by atoms with Crippen molar-refractivity contribution in [2.75, 3.05) is 52.9 Å². The van der Waals surface area contributed by atoms with Gasteiger partial charge in [-0.25, -0.2) is 0 Å². The van der Waals surface area contributed by atoms with Crippen molar-refractivity contribution in [1.82, 2.24) is 0 Å².